The molecule has 3 aliphatic rings. The van der Waals surface area contributed by atoms with Crippen molar-refractivity contribution < 1.29 is 4.79 Å². The zero-order valence-electron chi connectivity index (χ0n) is 21.8. The number of amides is 1. The van der Waals surface area contributed by atoms with Crippen LogP contribution in [0.2, 0.25) is 5.02 Å². The van der Waals surface area contributed by atoms with E-state index in [0.717, 1.165) is 55.5 Å². The molecule has 10 heteroatoms. The molecule has 0 unspecified atom stereocenters. The van der Waals surface area contributed by atoms with Gasteiger partial charge in [0.25, 0.3) is 5.91 Å². The van der Waals surface area contributed by atoms with E-state index in [0.29, 0.717) is 47.7 Å². The molecule has 6 rings (SSSR count). The highest BCUT2D eigenvalue weighted by atomic mass is 35.5. The molecule has 3 heterocycles. The summed E-state index contributed by atoms with van der Waals surface area (Å²) in [6.07, 6.45) is 12.6. The Hall–Kier alpha value is -2.91. The Morgan fingerprint density at radius 3 is 2.29 bits per heavy atom. The molecule has 9 nitrogen and oxygen atoms in total. The van der Waals surface area contributed by atoms with Crippen LogP contribution in [0.4, 0.5) is 11.8 Å². The molecule has 0 bridgehead atoms. The monoisotopic (exact) mass is 536 g/mol. The smallest absolute Gasteiger partial charge is 0.253 e. The summed E-state index contributed by atoms with van der Waals surface area (Å²) >= 11 is 5.99. The second kappa shape index (κ2) is 11.1. The van der Waals surface area contributed by atoms with Crippen molar-refractivity contribution in [1.29, 1.82) is 0 Å². The maximum Gasteiger partial charge on any atom is 0.253 e. The first kappa shape index (κ1) is 25.4. The molecule has 1 saturated heterocycles. The van der Waals surface area contributed by atoms with E-state index in [1.165, 1.54) is 25.7 Å². The number of benzene rings is 1. The summed E-state index contributed by atoms with van der Waals surface area (Å²) in [6, 6.07) is 8.41. The van der Waals surface area contributed by atoms with E-state index in [2.05, 4.69) is 15.2 Å². The predicted molar refractivity (Wildman–Crippen MR) is 151 cm³/mol. The van der Waals surface area contributed by atoms with Gasteiger partial charge in [0.15, 0.2) is 17.0 Å². The molecule has 0 atom stereocenters. The van der Waals surface area contributed by atoms with Crippen molar-refractivity contribution in [2.24, 2.45) is 5.73 Å². The lowest BCUT2D eigenvalue weighted by Gasteiger charge is -2.33. The number of carbonyl (C=O) groups excluding carboxylic acids is 1. The summed E-state index contributed by atoms with van der Waals surface area (Å²) in [5.41, 5.74) is 8.53. The third-order valence-corrected chi connectivity index (χ3v) is 8.71. The SMILES string of the molecule is N[C@H]1CC[C@H](Nc2nc(NC3CCN(C(=O)c4ccc(Cl)cc4)CC3)c3ncn(C4CCCC4)c3n2)CC1. The first-order chi connectivity index (χ1) is 18.5. The van der Waals surface area contributed by atoms with Gasteiger partial charge >= 0.3 is 0 Å². The Bertz CT molecular complexity index is 1260. The first-order valence-electron chi connectivity index (χ1n) is 14.1. The number of nitrogens with one attached hydrogen (secondary N) is 2. The van der Waals surface area contributed by atoms with Gasteiger partial charge in [-0.2, -0.15) is 9.97 Å². The van der Waals surface area contributed by atoms with E-state index in [9.17, 15) is 4.79 Å². The molecule has 0 radical (unpaired) electrons. The van der Waals surface area contributed by atoms with Crippen LogP contribution in [-0.2, 0) is 0 Å². The molecular weight excluding hydrogens is 500 g/mol. The number of anilines is 2. The number of hydrogen-bond acceptors (Lipinski definition) is 7. The fourth-order valence-corrected chi connectivity index (χ4v) is 6.30. The Kier molecular flexibility index (Phi) is 7.39. The van der Waals surface area contributed by atoms with Crippen LogP contribution in [0.15, 0.2) is 30.6 Å². The molecule has 1 aliphatic heterocycles. The average Bonchev–Trinajstić information content (AvgIpc) is 3.61. The van der Waals surface area contributed by atoms with Gasteiger partial charge in [-0.3, -0.25) is 4.79 Å². The molecule has 3 fully saturated rings. The van der Waals surface area contributed by atoms with Crippen molar-refractivity contribution in [3.05, 3.63) is 41.2 Å². The molecule has 3 aromatic rings. The van der Waals surface area contributed by atoms with E-state index in [1.54, 1.807) is 24.3 Å². The van der Waals surface area contributed by atoms with Crippen LogP contribution in [0.3, 0.4) is 0 Å². The second-order valence-corrected chi connectivity index (χ2v) is 11.6. The van der Waals surface area contributed by atoms with Crippen LogP contribution < -0.4 is 16.4 Å². The van der Waals surface area contributed by atoms with Crippen molar-refractivity contribution in [3.63, 3.8) is 0 Å². The van der Waals surface area contributed by atoms with Gasteiger partial charge in [0.1, 0.15) is 0 Å². The number of imidazole rings is 1. The highest BCUT2D eigenvalue weighted by Gasteiger charge is 2.27. The Balaban J connectivity index is 1.19. The number of carbonyl (C=O) groups is 1. The number of hydrogen-bond donors (Lipinski definition) is 3. The third-order valence-electron chi connectivity index (χ3n) is 8.46. The number of piperidine rings is 1. The lowest BCUT2D eigenvalue weighted by Crippen LogP contribution is -2.42. The Morgan fingerprint density at radius 2 is 1.58 bits per heavy atom. The normalized spacial score (nSPS) is 23.2. The van der Waals surface area contributed by atoms with E-state index in [1.807, 2.05) is 11.2 Å². The van der Waals surface area contributed by atoms with Crippen LogP contribution in [0.5, 0.6) is 0 Å². The molecule has 202 valence electrons. The van der Waals surface area contributed by atoms with E-state index >= 15 is 0 Å². The molecule has 2 aromatic heterocycles. The lowest BCUT2D eigenvalue weighted by atomic mass is 9.92. The van der Waals surface area contributed by atoms with Crippen LogP contribution in [0, 0.1) is 0 Å². The summed E-state index contributed by atoms with van der Waals surface area (Å²) in [6.45, 7) is 1.38. The second-order valence-electron chi connectivity index (χ2n) is 11.1. The van der Waals surface area contributed by atoms with Gasteiger partial charge in [-0.15, -0.1) is 0 Å². The maximum absolute atomic E-state index is 12.9. The summed E-state index contributed by atoms with van der Waals surface area (Å²) in [5.74, 6) is 1.50. The molecule has 4 N–H and O–H groups in total. The molecular formula is C28H37ClN8O. The fourth-order valence-electron chi connectivity index (χ4n) is 6.17. The van der Waals surface area contributed by atoms with Crippen molar-refractivity contribution >= 4 is 40.4 Å². The standard InChI is InChI=1S/C28H37ClN8O/c29-19-7-5-18(6-8-19)27(38)36-15-13-22(14-16-36)32-25-24-26(37(17-31-24)23-3-1-2-4-23)35-28(34-25)33-21-11-9-20(30)10-12-21/h5-8,17,20-23H,1-4,9-16,30H2,(H2,32,33,34,35)/t20-,21-. The molecule has 0 spiro atoms. The van der Waals surface area contributed by atoms with Gasteiger partial charge < -0.3 is 25.8 Å². The van der Waals surface area contributed by atoms with Gasteiger partial charge in [-0.1, -0.05) is 24.4 Å². The largest absolute Gasteiger partial charge is 0.365 e. The minimum absolute atomic E-state index is 0.0542. The minimum atomic E-state index is 0.0542. The number of rotatable bonds is 6. The van der Waals surface area contributed by atoms with Gasteiger partial charge in [0.2, 0.25) is 5.95 Å². The first-order valence-corrected chi connectivity index (χ1v) is 14.5. The third kappa shape index (κ3) is 5.45. The summed E-state index contributed by atoms with van der Waals surface area (Å²) in [5, 5.41) is 7.91. The van der Waals surface area contributed by atoms with Gasteiger partial charge in [0, 0.05) is 47.8 Å². The predicted octanol–water partition coefficient (Wildman–Crippen LogP) is 4.99. The summed E-state index contributed by atoms with van der Waals surface area (Å²) < 4.78 is 2.25. The molecule has 1 amide bonds. The van der Waals surface area contributed by atoms with Crippen LogP contribution in [0.1, 0.15) is 80.6 Å². The van der Waals surface area contributed by atoms with E-state index < -0.39 is 0 Å². The number of fused-ring (bicyclic) bond motifs is 1. The van der Waals surface area contributed by atoms with Crippen molar-refractivity contribution in [3.8, 4) is 0 Å². The highest BCUT2D eigenvalue weighted by molar-refractivity contribution is 6.30. The maximum atomic E-state index is 12.9. The molecule has 38 heavy (non-hydrogen) atoms. The molecule has 2 aliphatic carbocycles. The number of likely N-dealkylation sites (tertiary alicyclic amines) is 1. The van der Waals surface area contributed by atoms with Crippen molar-refractivity contribution in [2.45, 2.75) is 88.4 Å². The zero-order valence-corrected chi connectivity index (χ0v) is 22.5. The number of nitrogens with two attached hydrogens (primary N) is 1. The lowest BCUT2D eigenvalue weighted by molar-refractivity contribution is 0.0718. The van der Waals surface area contributed by atoms with Gasteiger partial charge in [-0.05, 0) is 75.6 Å². The summed E-state index contributed by atoms with van der Waals surface area (Å²) in [4.78, 5) is 29.5. The minimum Gasteiger partial charge on any atom is -0.365 e. The van der Waals surface area contributed by atoms with E-state index in [4.69, 9.17) is 32.3 Å². The van der Waals surface area contributed by atoms with Crippen LogP contribution in [-0.4, -0.2) is 61.5 Å². The Morgan fingerprint density at radius 1 is 0.895 bits per heavy atom. The topological polar surface area (TPSA) is 114 Å². The van der Waals surface area contributed by atoms with Gasteiger partial charge in [0.05, 0.1) is 6.33 Å². The van der Waals surface area contributed by atoms with Crippen LogP contribution >= 0.6 is 11.6 Å². The quantitative estimate of drug-likeness (QED) is 0.406. The highest BCUT2D eigenvalue weighted by Crippen LogP contribution is 2.34. The molecule has 2 saturated carbocycles. The fraction of sp³-hybridized carbons (Fsp3) is 0.571. The number of halogens is 1. The van der Waals surface area contributed by atoms with Crippen molar-refractivity contribution in [2.75, 3.05) is 23.7 Å². The zero-order chi connectivity index (χ0) is 26.1. The molecule has 1 aromatic carbocycles. The van der Waals surface area contributed by atoms with E-state index in [-0.39, 0.29) is 11.9 Å². The Labute approximate surface area is 228 Å². The number of aromatic nitrogens is 4. The van der Waals surface area contributed by atoms with Gasteiger partial charge in [-0.25, -0.2) is 4.98 Å². The average molecular weight is 537 g/mol. The van der Waals surface area contributed by atoms with Crippen LogP contribution in [0.25, 0.3) is 11.2 Å². The number of nitrogens with zero attached hydrogens (tertiary/aromatic N) is 5. The van der Waals surface area contributed by atoms with Crippen molar-refractivity contribution in [1.82, 2.24) is 24.4 Å². The summed E-state index contributed by atoms with van der Waals surface area (Å²) in [7, 11) is 0.